The molecule has 1 aromatic carbocycles. The minimum absolute atomic E-state index is 0.122. The van der Waals surface area contributed by atoms with E-state index in [-0.39, 0.29) is 17.8 Å². The second-order valence-electron chi connectivity index (χ2n) is 5.98. The van der Waals surface area contributed by atoms with Gasteiger partial charge in [-0.1, -0.05) is 12.1 Å². The normalized spacial score (nSPS) is 16.2. The summed E-state index contributed by atoms with van der Waals surface area (Å²) >= 11 is 1.41. The van der Waals surface area contributed by atoms with Gasteiger partial charge < -0.3 is 11.1 Å². The number of likely N-dealkylation sites (tertiary alicyclic amines) is 1. The lowest BCUT2D eigenvalue weighted by Gasteiger charge is -2.32. The van der Waals surface area contributed by atoms with Crippen LogP contribution < -0.4 is 11.1 Å². The summed E-state index contributed by atoms with van der Waals surface area (Å²) < 4.78 is 12.9. The monoisotopic (exact) mass is 348 g/mol. The number of piperidine rings is 1. The van der Waals surface area contributed by atoms with Crippen LogP contribution in [0.1, 0.15) is 33.9 Å². The van der Waals surface area contributed by atoms with Crippen molar-refractivity contribution in [2.45, 2.75) is 32.0 Å². The van der Waals surface area contributed by atoms with Crippen LogP contribution in [-0.4, -0.2) is 34.9 Å². The maximum Gasteiger partial charge on any atom is 0.270 e. The number of carbonyl (C=O) groups is 1. The molecule has 0 saturated carbocycles. The number of hydrogen-bond acceptors (Lipinski definition) is 5. The Hall–Kier alpha value is -1.83. The molecule has 0 unspecified atom stereocenters. The second kappa shape index (κ2) is 7.83. The number of nitrogens with zero attached hydrogens (tertiary/aromatic N) is 2. The highest BCUT2D eigenvalue weighted by molar-refractivity contribution is 7.09. The fraction of sp³-hybridized carbons (Fsp3) is 0.412. The minimum atomic E-state index is -0.208. The molecule has 1 amide bonds. The molecular weight excluding hydrogens is 327 g/mol. The number of benzene rings is 1. The molecule has 2 heterocycles. The Bertz CT molecular complexity index is 680. The van der Waals surface area contributed by atoms with Crippen molar-refractivity contribution in [3.8, 4) is 0 Å². The summed E-state index contributed by atoms with van der Waals surface area (Å²) in [6, 6.07) is 6.79. The highest BCUT2D eigenvalue weighted by Gasteiger charge is 2.22. The van der Waals surface area contributed by atoms with Crippen LogP contribution in [0.3, 0.4) is 0 Å². The number of amides is 1. The molecule has 128 valence electrons. The summed E-state index contributed by atoms with van der Waals surface area (Å²) in [4.78, 5) is 18.7. The van der Waals surface area contributed by atoms with Crippen molar-refractivity contribution in [3.63, 3.8) is 0 Å². The van der Waals surface area contributed by atoms with Crippen molar-refractivity contribution in [1.82, 2.24) is 15.2 Å². The Morgan fingerprint density at radius 3 is 2.67 bits per heavy atom. The fourth-order valence-corrected chi connectivity index (χ4v) is 3.51. The van der Waals surface area contributed by atoms with Crippen LogP contribution in [0.2, 0.25) is 0 Å². The average Bonchev–Trinajstić information content (AvgIpc) is 3.08. The van der Waals surface area contributed by atoms with Crippen molar-refractivity contribution in [1.29, 1.82) is 0 Å². The maximum atomic E-state index is 12.9. The summed E-state index contributed by atoms with van der Waals surface area (Å²) in [5, 5.41) is 5.58. The van der Waals surface area contributed by atoms with Gasteiger partial charge in [-0.15, -0.1) is 11.3 Å². The summed E-state index contributed by atoms with van der Waals surface area (Å²) in [7, 11) is 0. The van der Waals surface area contributed by atoms with E-state index in [1.807, 2.05) is 12.1 Å². The SMILES string of the molecule is NCc1nc(C(=O)NC2CCN(Cc3ccc(F)cc3)CC2)cs1. The predicted molar refractivity (Wildman–Crippen MR) is 92.2 cm³/mol. The molecule has 1 aromatic heterocycles. The highest BCUT2D eigenvalue weighted by Crippen LogP contribution is 2.15. The van der Waals surface area contributed by atoms with Gasteiger partial charge in [0.25, 0.3) is 5.91 Å². The van der Waals surface area contributed by atoms with Gasteiger partial charge in [0, 0.05) is 37.6 Å². The lowest BCUT2D eigenvalue weighted by Crippen LogP contribution is -2.44. The molecule has 0 spiro atoms. The Balaban J connectivity index is 1.46. The van der Waals surface area contributed by atoms with Gasteiger partial charge in [0.05, 0.1) is 0 Å². The lowest BCUT2D eigenvalue weighted by molar-refractivity contribution is 0.0904. The molecular formula is C17H21FN4OS. The standard InChI is InChI=1S/C17H21FN4OS/c18-13-3-1-12(2-4-13)10-22-7-5-14(6-8-22)20-17(23)15-11-24-16(9-19)21-15/h1-4,11,14H,5-10,19H2,(H,20,23). The molecule has 1 aliphatic rings. The van der Waals surface area contributed by atoms with Gasteiger partial charge in [-0.05, 0) is 30.5 Å². The third-order valence-electron chi connectivity index (χ3n) is 4.20. The molecule has 1 aliphatic heterocycles. The lowest BCUT2D eigenvalue weighted by atomic mass is 10.0. The van der Waals surface area contributed by atoms with Crippen LogP contribution in [0.15, 0.2) is 29.6 Å². The fourth-order valence-electron chi connectivity index (χ4n) is 2.85. The van der Waals surface area contributed by atoms with E-state index in [9.17, 15) is 9.18 Å². The van der Waals surface area contributed by atoms with E-state index in [1.165, 1.54) is 23.5 Å². The first kappa shape index (κ1) is 17.0. The number of aromatic nitrogens is 1. The molecule has 24 heavy (non-hydrogen) atoms. The number of hydrogen-bond donors (Lipinski definition) is 2. The quantitative estimate of drug-likeness (QED) is 0.868. The Kier molecular flexibility index (Phi) is 5.55. The molecule has 0 aliphatic carbocycles. The van der Waals surface area contributed by atoms with Crippen LogP contribution in [0.25, 0.3) is 0 Å². The number of rotatable bonds is 5. The summed E-state index contributed by atoms with van der Waals surface area (Å²) in [5.41, 5.74) is 7.08. The third-order valence-corrected chi connectivity index (χ3v) is 5.07. The molecule has 7 heteroatoms. The van der Waals surface area contributed by atoms with E-state index in [1.54, 1.807) is 5.38 Å². The van der Waals surface area contributed by atoms with Crippen molar-refractivity contribution in [3.05, 3.63) is 51.7 Å². The zero-order chi connectivity index (χ0) is 16.9. The number of nitrogens with one attached hydrogen (secondary N) is 1. The summed E-state index contributed by atoms with van der Waals surface area (Å²) in [6.45, 7) is 2.99. The van der Waals surface area contributed by atoms with Crippen LogP contribution in [0.4, 0.5) is 4.39 Å². The first-order chi connectivity index (χ1) is 11.6. The molecule has 0 radical (unpaired) electrons. The number of carbonyl (C=O) groups excluding carboxylic acids is 1. The smallest absolute Gasteiger partial charge is 0.270 e. The molecule has 0 bridgehead atoms. The molecule has 0 atom stereocenters. The zero-order valence-electron chi connectivity index (χ0n) is 13.4. The third kappa shape index (κ3) is 4.37. The van der Waals surface area contributed by atoms with Crippen molar-refractivity contribution >= 4 is 17.2 Å². The van der Waals surface area contributed by atoms with Gasteiger partial charge in [-0.3, -0.25) is 9.69 Å². The summed E-state index contributed by atoms with van der Waals surface area (Å²) in [6.07, 6.45) is 1.81. The molecule has 2 aromatic rings. The average molecular weight is 348 g/mol. The van der Waals surface area contributed by atoms with Gasteiger partial charge >= 0.3 is 0 Å². The van der Waals surface area contributed by atoms with Crippen molar-refractivity contribution in [2.24, 2.45) is 5.73 Å². The van der Waals surface area contributed by atoms with Crippen LogP contribution in [-0.2, 0) is 13.1 Å². The maximum absolute atomic E-state index is 12.9. The molecule has 3 rings (SSSR count). The van der Waals surface area contributed by atoms with Crippen molar-refractivity contribution < 1.29 is 9.18 Å². The molecule has 5 nitrogen and oxygen atoms in total. The van der Waals surface area contributed by atoms with E-state index in [2.05, 4.69) is 15.2 Å². The Morgan fingerprint density at radius 2 is 2.04 bits per heavy atom. The Labute approximate surface area is 144 Å². The van der Waals surface area contributed by atoms with Gasteiger partial charge in [0.2, 0.25) is 0 Å². The molecule has 1 fully saturated rings. The highest BCUT2D eigenvalue weighted by atomic mass is 32.1. The zero-order valence-corrected chi connectivity index (χ0v) is 14.2. The first-order valence-corrected chi connectivity index (χ1v) is 8.94. The number of nitrogens with two attached hydrogens (primary N) is 1. The Morgan fingerprint density at radius 1 is 1.33 bits per heavy atom. The minimum Gasteiger partial charge on any atom is -0.348 e. The van der Waals surface area contributed by atoms with Gasteiger partial charge in [0.15, 0.2) is 0 Å². The first-order valence-electron chi connectivity index (χ1n) is 8.06. The molecule has 1 saturated heterocycles. The van der Waals surface area contributed by atoms with E-state index >= 15 is 0 Å². The largest absolute Gasteiger partial charge is 0.348 e. The second-order valence-corrected chi connectivity index (χ2v) is 6.92. The van der Waals surface area contributed by atoms with Crippen LogP contribution >= 0.6 is 11.3 Å². The van der Waals surface area contributed by atoms with E-state index < -0.39 is 0 Å². The topological polar surface area (TPSA) is 71.2 Å². The summed E-state index contributed by atoms with van der Waals surface area (Å²) in [5.74, 6) is -0.331. The van der Waals surface area contributed by atoms with Gasteiger partial charge in [-0.2, -0.15) is 0 Å². The van der Waals surface area contributed by atoms with E-state index in [4.69, 9.17) is 5.73 Å². The molecule has 3 N–H and O–H groups in total. The number of halogens is 1. The van der Waals surface area contributed by atoms with Gasteiger partial charge in [-0.25, -0.2) is 9.37 Å². The van der Waals surface area contributed by atoms with E-state index in [0.717, 1.165) is 43.0 Å². The number of thiazole rings is 1. The van der Waals surface area contributed by atoms with Crippen molar-refractivity contribution in [2.75, 3.05) is 13.1 Å². The van der Waals surface area contributed by atoms with Gasteiger partial charge in [0.1, 0.15) is 16.5 Å². The predicted octanol–water partition coefficient (Wildman–Crippen LogP) is 2.14. The van der Waals surface area contributed by atoms with Crippen LogP contribution in [0.5, 0.6) is 0 Å². The van der Waals surface area contributed by atoms with Crippen LogP contribution in [0, 0.1) is 5.82 Å². The van der Waals surface area contributed by atoms with E-state index in [0.29, 0.717) is 12.2 Å².